The average Bonchev–Trinajstić information content (AvgIpc) is 3.06. The third kappa shape index (κ3) is 5.67. The molecule has 0 saturated heterocycles. The number of guanidine groups is 1. The van der Waals surface area contributed by atoms with Crippen molar-refractivity contribution in [3.8, 4) is 0 Å². The lowest BCUT2D eigenvalue weighted by molar-refractivity contribution is 0.555. The third-order valence-electron chi connectivity index (χ3n) is 3.35. The molecule has 0 aromatic carbocycles. The van der Waals surface area contributed by atoms with Crippen LogP contribution in [0.3, 0.4) is 0 Å². The molecule has 126 valence electrons. The number of hydrogen-bond acceptors (Lipinski definition) is 4. The van der Waals surface area contributed by atoms with Crippen molar-refractivity contribution < 1.29 is 0 Å². The predicted molar refractivity (Wildman–Crippen MR) is 96.0 cm³/mol. The van der Waals surface area contributed by atoms with Gasteiger partial charge >= 0.3 is 0 Å². The zero-order valence-corrected chi connectivity index (χ0v) is 15.2. The monoisotopic (exact) mass is 334 g/mol. The van der Waals surface area contributed by atoms with Crippen LogP contribution in [0.25, 0.3) is 0 Å². The van der Waals surface area contributed by atoms with Gasteiger partial charge in [0, 0.05) is 36.4 Å². The Bertz CT molecular complexity index is 643. The molecule has 2 aromatic rings. The molecule has 0 radical (unpaired) electrons. The molecule has 0 fully saturated rings. The fourth-order valence-corrected chi connectivity index (χ4v) is 3.03. The molecule has 6 nitrogen and oxygen atoms in total. The number of aliphatic imine (C=N–C) groups is 1. The third-order valence-corrected chi connectivity index (χ3v) is 4.25. The number of nitrogens with one attached hydrogen (secondary N) is 2. The van der Waals surface area contributed by atoms with Crippen LogP contribution in [0.5, 0.6) is 0 Å². The first kappa shape index (κ1) is 17.5. The van der Waals surface area contributed by atoms with E-state index in [-0.39, 0.29) is 0 Å². The molecule has 0 saturated carbocycles. The lowest BCUT2D eigenvalue weighted by atomic mass is 10.4. The summed E-state index contributed by atoms with van der Waals surface area (Å²) in [5, 5.41) is 12.2. The Kier molecular flexibility index (Phi) is 6.58. The molecule has 0 aliphatic rings. The Hall–Kier alpha value is -1.89. The Morgan fingerprint density at radius 1 is 1.30 bits per heavy atom. The molecule has 2 heterocycles. The first-order chi connectivity index (χ1) is 11.1. The van der Waals surface area contributed by atoms with Crippen LogP contribution < -0.4 is 10.6 Å². The second kappa shape index (κ2) is 8.67. The maximum absolute atomic E-state index is 4.61. The van der Waals surface area contributed by atoms with Gasteiger partial charge in [-0.15, -0.1) is 11.3 Å². The summed E-state index contributed by atoms with van der Waals surface area (Å²) in [5.74, 6) is 0.854. The predicted octanol–water partition coefficient (Wildman–Crippen LogP) is 2.41. The molecule has 0 aliphatic carbocycles. The zero-order chi connectivity index (χ0) is 16.7. The maximum Gasteiger partial charge on any atom is 0.191 e. The molecular weight excluding hydrogens is 308 g/mol. The van der Waals surface area contributed by atoms with Crippen molar-refractivity contribution in [3.63, 3.8) is 0 Å². The van der Waals surface area contributed by atoms with Crippen LogP contribution >= 0.6 is 11.3 Å². The molecule has 0 atom stereocenters. The maximum atomic E-state index is 4.61. The van der Waals surface area contributed by atoms with Gasteiger partial charge in [0.2, 0.25) is 0 Å². The van der Waals surface area contributed by atoms with Gasteiger partial charge in [0.05, 0.1) is 17.2 Å². The van der Waals surface area contributed by atoms with E-state index in [4.69, 9.17) is 0 Å². The van der Waals surface area contributed by atoms with E-state index in [2.05, 4.69) is 50.3 Å². The summed E-state index contributed by atoms with van der Waals surface area (Å²) in [6, 6.07) is 2.11. The largest absolute Gasteiger partial charge is 0.357 e. The van der Waals surface area contributed by atoms with Crippen LogP contribution in [0.15, 0.2) is 17.3 Å². The number of thiazole rings is 1. The van der Waals surface area contributed by atoms with Crippen molar-refractivity contribution in [3.05, 3.63) is 33.5 Å². The van der Waals surface area contributed by atoms with Crippen molar-refractivity contribution in [2.75, 3.05) is 13.1 Å². The van der Waals surface area contributed by atoms with E-state index in [1.54, 1.807) is 11.3 Å². The van der Waals surface area contributed by atoms with Crippen LogP contribution in [-0.2, 0) is 13.1 Å². The first-order valence-electron chi connectivity index (χ1n) is 8.03. The van der Waals surface area contributed by atoms with Crippen LogP contribution in [-0.4, -0.2) is 33.8 Å². The molecule has 2 rings (SSSR count). The lowest BCUT2D eigenvalue weighted by Crippen LogP contribution is -2.38. The minimum absolute atomic E-state index is 0.665. The minimum Gasteiger partial charge on any atom is -0.357 e. The summed E-state index contributed by atoms with van der Waals surface area (Å²) in [7, 11) is 0. The Balaban J connectivity index is 1.78. The molecule has 2 aromatic heterocycles. The number of nitrogens with zero attached hydrogens (tertiary/aromatic N) is 4. The number of hydrogen-bond donors (Lipinski definition) is 2. The van der Waals surface area contributed by atoms with Crippen molar-refractivity contribution in [2.24, 2.45) is 4.99 Å². The zero-order valence-electron chi connectivity index (χ0n) is 14.4. The van der Waals surface area contributed by atoms with Crippen LogP contribution in [0.2, 0.25) is 0 Å². The summed E-state index contributed by atoms with van der Waals surface area (Å²) in [6.45, 7) is 11.5. The topological polar surface area (TPSA) is 67.1 Å². The van der Waals surface area contributed by atoms with Gasteiger partial charge in [-0.25, -0.2) is 9.98 Å². The van der Waals surface area contributed by atoms with E-state index in [0.29, 0.717) is 6.54 Å². The summed E-state index contributed by atoms with van der Waals surface area (Å²) in [4.78, 5) is 10.0. The molecule has 7 heteroatoms. The van der Waals surface area contributed by atoms with E-state index in [1.807, 2.05) is 20.0 Å². The highest BCUT2D eigenvalue weighted by Gasteiger charge is 2.02. The highest BCUT2D eigenvalue weighted by molar-refractivity contribution is 7.11. The first-order valence-corrected chi connectivity index (χ1v) is 8.84. The fourth-order valence-electron chi connectivity index (χ4n) is 2.31. The average molecular weight is 334 g/mol. The normalized spacial score (nSPS) is 11.7. The van der Waals surface area contributed by atoms with Gasteiger partial charge in [-0.1, -0.05) is 0 Å². The van der Waals surface area contributed by atoms with E-state index in [9.17, 15) is 0 Å². The summed E-state index contributed by atoms with van der Waals surface area (Å²) in [5.41, 5.74) is 2.29. The van der Waals surface area contributed by atoms with Gasteiger partial charge in [0.25, 0.3) is 0 Å². The second-order valence-corrected chi connectivity index (χ2v) is 6.79. The second-order valence-electron chi connectivity index (χ2n) is 5.47. The Morgan fingerprint density at radius 3 is 2.74 bits per heavy atom. The molecule has 23 heavy (non-hydrogen) atoms. The number of rotatable bonds is 7. The van der Waals surface area contributed by atoms with Gasteiger partial charge in [-0.3, -0.25) is 4.68 Å². The van der Waals surface area contributed by atoms with E-state index >= 15 is 0 Å². The molecule has 0 aliphatic heterocycles. The van der Waals surface area contributed by atoms with Crippen molar-refractivity contribution >= 4 is 17.3 Å². The van der Waals surface area contributed by atoms with E-state index < -0.39 is 0 Å². The van der Waals surface area contributed by atoms with Crippen molar-refractivity contribution in [2.45, 2.75) is 47.2 Å². The fraction of sp³-hybridized carbons (Fsp3) is 0.562. The van der Waals surface area contributed by atoms with Crippen LogP contribution in [0, 0.1) is 20.8 Å². The quantitative estimate of drug-likeness (QED) is 0.463. The van der Waals surface area contributed by atoms with Gasteiger partial charge < -0.3 is 10.6 Å². The summed E-state index contributed by atoms with van der Waals surface area (Å²) < 4.78 is 2.06. The highest BCUT2D eigenvalue weighted by atomic mass is 32.1. The molecule has 0 amide bonds. The highest BCUT2D eigenvalue weighted by Crippen LogP contribution is 2.12. The van der Waals surface area contributed by atoms with Crippen molar-refractivity contribution in [1.82, 2.24) is 25.4 Å². The molecule has 2 N–H and O–H groups in total. The lowest BCUT2D eigenvalue weighted by Gasteiger charge is -2.11. The standard InChI is InChI=1S/C16H26N6S/c1-5-17-16(20-11-15-10-19-14(4)23-15)18-7-6-8-22-13(3)9-12(2)21-22/h9-10H,5-8,11H2,1-4H3,(H2,17,18,20). The van der Waals surface area contributed by atoms with Gasteiger partial charge in [-0.05, 0) is 40.2 Å². The van der Waals surface area contributed by atoms with Crippen LogP contribution in [0.1, 0.15) is 34.6 Å². The Labute approximate surface area is 142 Å². The summed E-state index contributed by atoms with van der Waals surface area (Å²) in [6.07, 6.45) is 2.90. The van der Waals surface area contributed by atoms with Gasteiger partial charge in [-0.2, -0.15) is 5.10 Å². The van der Waals surface area contributed by atoms with E-state index in [1.165, 1.54) is 10.6 Å². The molecule has 0 spiro atoms. The van der Waals surface area contributed by atoms with Gasteiger partial charge in [0.15, 0.2) is 5.96 Å². The number of aryl methyl sites for hydroxylation is 4. The van der Waals surface area contributed by atoms with E-state index in [0.717, 1.165) is 42.7 Å². The Morgan fingerprint density at radius 2 is 2.13 bits per heavy atom. The SMILES string of the molecule is CCNC(=NCc1cnc(C)s1)NCCCn1nc(C)cc1C. The number of aromatic nitrogens is 3. The smallest absolute Gasteiger partial charge is 0.191 e. The molecule has 0 unspecified atom stereocenters. The minimum atomic E-state index is 0.665. The van der Waals surface area contributed by atoms with Crippen LogP contribution in [0.4, 0.5) is 0 Å². The molecule has 0 bridgehead atoms. The van der Waals surface area contributed by atoms with Crippen molar-refractivity contribution in [1.29, 1.82) is 0 Å². The van der Waals surface area contributed by atoms with Gasteiger partial charge in [0.1, 0.15) is 0 Å². The summed E-state index contributed by atoms with van der Waals surface area (Å²) >= 11 is 1.69. The molecular formula is C16H26N6S.